The molecule has 0 aromatic heterocycles. The second kappa shape index (κ2) is 8.26. The number of nitrogens with one attached hydrogen (secondary N) is 3. The van der Waals surface area contributed by atoms with E-state index in [2.05, 4.69) is 41.4 Å². The van der Waals surface area contributed by atoms with Crippen molar-refractivity contribution in [3.05, 3.63) is 29.3 Å². The van der Waals surface area contributed by atoms with Gasteiger partial charge < -0.3 is 5.32 Å². The number of amides is 3. The van der Waals surface area contributed by atoms with E-state index in [4.69, 9.17) is 11.8 Å². The van der Waals surface area contributed by atoms with E-state index in [0.29, 0.717) is 11.5 Å². The number of carbonyl (C=O) groups excluding carboxylic acids is 2. The molecule has 3 amide bonds. The number of hydrogen-bond donors (Lipinski definition) is 3. The van der Waals surface area contributed by atoms with Gasteiger partial charge in [0.1, 0.15) is 5.84 Å². The Labute approximate surface area is 172 Å². The highest BCUT2D eigenvalue weighted by molar-refractivity contribution is 6.12. The van der Waals surface area contributed by atoms with Crippen molar-refractivity contribution in [2.75, 3.05) is 32.0 Å². The summed E-state index contributed by atoms with van der Waals surface area (Å²) in [5, 5.41) is 13.9. The zero-order valence-electron chi connectivity index (χ0n) is 17.3. The lowest BCUT2D eigenvalue weighted by Crippen LogP contribution is -2.52. The van der Waals surface area contributed by atoms with Crippen molar-refractivity contribution in [2.24, 2.45) is 0 Å². The van der Waals surface area contributed by atoms with Crippen molar-refractivity contribution in [1.29, 1.82) is 5.41 Å². The highest BCUT2D eigenvalue weighted by Gasteiger charge is 2.31. The van der Waals surface area contributed by atoms with Crippen LogP contribution >= 0.6 is 0 Å². The molecule has 3 rings (SSSR count). The Balaban J connectivity index is 1.74. The van der Waals surface area contributed by atoms with Gasteiger partial charge in [-0.2, -0.15) is 0 Å². The monoisotopic (exact) mass is 395 g/mol. The number of piperidine rings is 1. The molecule has 0 bridgehead atoms. The van der Waals surface area contributed by atoms with Crippen molar-refractivity contribution in [3.8, 4) is 12.3 Å². The Kier molecular flexibility index (Phi) is 5.94. The van der Waals surface area contributed by atoms with Crippen molar-refractivity contribution < 1.29 is 9.59 Å². The molecular formula is C22H29N5O2. The van der Waals surface area contributed by atoms with E-state index in [1.165, 1.54) is 10.5 Å². The van der Waals surface area contributed by atoms with Gasteiger partial charge >= 0.3 is 6.03 Å². The maximum atomic E-state index is 12.1. The Morgan fingerprint density at radius 3 is 2.55 bits per heavy atom. The molecule has 0 saturated carbocycles. The van der Waals surface area contributed by atoms with Crippen molar-refractivity contribution in [3.63, 3.8) is 0 Å². The van der Waals surface area contributed by atoms with Crippen molar-refractivity contribution in [2.45, 2.75) is 44.6 Å². The van der Waals surface area contributed by atoms with E-state index in [1.807, 2.05) is 19.2 Å². The number of anilines is 1. The fraction of sp³-hybridized carbons (Fsp3) is 0.500. The molecule has 154 valence electrons. The molecule has 1 aromatic carbocycles. The van der Waals surface area contributed by atoms with E-state index in [0.717, 1.165) is 31.6 Å². The molecule has 2 heterocycles. The Morgan fingerprint density at radius 1 is 1.28 bits per heavy atom. The topological polar surface area (TPSA) is 88.5 Å². The standard InChI is InChI=1S/C22H29N5O2/c1-5-22(2,3)26-11-8-15(9-12-26)16-6-7-17(18(14-16)24-4)20(23)27-13-10-19(28)25-21(27)29/h1,6-7,14-15,23-24H,8-13H2,2-4H3,(H,25,28,29). The van der Waals surface area contributed by atoms with Crippen LogP contribution in [0.25, 0.3) is 0 Å². The third kappa shape index (κ3) is 4.28. The van der Waals surface area contributed by atoms with Gasteiger partial charge in [-0.05, 0) is 50.3 Å². The van der Waals surface area contributed by atoms with E-state index in [-0.39, 0.29) is 30.2 Å². The fourth-order valence-corrected chi connectivity index (χ4v) is 4.02. The van der Waals surface area contributed by atoms with Crippen LogP contribution in [0.3, 0.4) is 0 Å². The van der Waals surface area contributed by atoms with Crippen LogP contribution in [0.2, 0.25) is 0 Å². The van der Waals surface area contributed by atoms with Gasteiger partial charge in [-0.1, -0.05) is 12.0 Å². The minimum absolute atomic E-state index is 0.0940. The van der Waals surface area contributed by atoms with Crippen LogP contribution in [0.15, 0.2) is 18.2 Å². The van der Waals surface area contributed by atoms with E-state index in [1.54, 1.807) is 0 Å². The number of likely N-dealkylation sites (tertiary alicyclic amines) is 1. The SMILES string of the molecule is C#CC(C)(C)N1CCC(c2ccc(C(=N)N3CCC(=O)NC3=O)c(NC)c2)CC1. The molecule has 7 nitrogen and oxygen atoms in total. The molecule has 2 aliphatic rings. The van der Waals surface area contributed by atoms with E-state index >= 15 is 0 Å². The van der Waals surface area contributed by atoms with Gasteiger partial charge in [0, 0.05) is 44.4 Å². The number of hydrogen-bond acceptors (Lipinski definition) is 5. The minimum Gasteiger partial charge on any atom is -0.388 e. The summed E-state index contributed by atoms with van der Waals surface area (Å²) in [5.74, 6) is 3.10. The zero-order chi connectivity index (χ0) is 21.2. The van der Waals surface area contributed by atoms with E-state index < -0.39 is 6.03 Å². The molecule has 2 aliphatic heterocycles. The van der Waals surface area contributed by atoms with Gasteiger partial charge in [0.25, 0.3) is 0 Å². The molecule has 0 unspecified atom stereocenters. The molecule has 1 aromatic rings. The molecule has 0 spiro atoms. The van der Waals surface area contributed by atoms with Gasteiger partial charge in [-0.15, -0.1) is 6.42 Å². The van der Waals surface area contributed by atoms with Crippen LogP contribution in [0, 0.1) is 17.8 Å². The van der Waals surface area contributed by atoms with Gasteiger partial charge in [0.2, 0.25) is 5.91 Å². The summed E-state index contributed by atoms with van der Waals surface area (Å²) in [7, 11) is 1.81. The van der Waals surface area contributed by atoms with Gasteiger partial charge in [0.15, 0.2) is 0 Å². The molecule has 2 fully saturated rings. The Bertz CT molecular complexity index is 862. The highest BCUT2D eigenvalue weighted by Crippen LogP contribution is 2.33. The quantitative estimate of drug-likeness (QED) is 0.415. The third-order valence-electron chi connectivity index (χ3n) is 6.00. The average Bonchev–Trinajstić information content (AvgIpc) is 2.73. The maximum Gasteiger partial charge on any atom is 0.329 e. The van der Waals surface area contributed by atoms with Crippen LogP contribution in [-0.2, 0) is 4.79 Å². The largest absolute Gasteiger partial charge is 0.388 e. The summed E-state index contributed by atoms with van der Waals surface area (Å²) in [4.78, 5) is 27.1. The number of urea groups is 1. The number of imide groups is 1. The van der Waals surface area contributed by atoms with Crippen LogP contribution in [0.5, 0.6) is 0 Å². The summed E-state index contributed by atoms with van der Waals surface area (Å²) >= 11 is 0. The van der Waals surface area contributed by atoms with Crippen LogP contribution < -0.4 is 10.6 Å². The first-order chi connectivity index (χ1) is 13.8. The van der Waals surface area contributed by atoms with Gasteiger partial charge in [-0.25, -0.2) is 4.79 Å². The lowest BCUT2D eigenvalue weighted by molar-refractivity contribution is -0.121. The first-order valence-corrected chi connectivity index (χ1v) is 10.0. The zero-order valence-corrected chi connectivity index (χ0v) is 17.3. The summed E-state index contributed by atoms with van der Waals surface area (Å²) in [6, 6.07) is 5.47. The van der Waals surface area contributed by atoms with Gasteiger partial charge in [-0.3, -0.25) is 25.3 Å². The lowest BCUT2D eigenvalue weighted by atomic mass is 9.86. The predicted octanol–water partition coefficient (Wildman–Crippen LogP) is 2.59. The molecule has 3 N–H and O–H groups in total. The average molecular weight is 396 g/mol. The number of rotatable bonds is 4. The summed E-state index contributed by atoms with van der Waals surface area (Å²) in [6.45, 7) is 6.29. The highest BCUT2D eigenvalue weighted by atomic mass is 16.2. The predicted molar refractivity (Wildman–Crippen MR) is 114 cm³/mol. The Morgan fingerprint density at radius 2 is 1.97 bits per heavy atom. The minimum atomic E-state index is -0.541. The lowest BCUT2D eigenvalue weighted by Gasteiger charge is -2.40. The number of amidine groups is 1. The number of carbonyl (C=O) groups is 2. The molecule has 2 saturated heterocycles. The van der Waals surface area contributed by atoms with Crippen LogP contribution in [0.1, 0.15) is 50.2 Å². The molecule has 0 atom stereocenters. The normalized spacial score (nSPS) is 18.9. The fourth-order valence-electron chi connectivity index (χ4n) is 4.02. The third-order valence-corrected chi connectivity index (χ3v) is 6.00. The molecule has 0 aliphatic carbocycles. The van der Waals surface area contributed by atoms with Crippen molar-refractivity contribution in [1.82, 2.24) is 15.1 Å². The smallest absolute Gasteiger partial charge is 0.329 e. The summed E-state index contributed by atoms with van der Waals surface area (Å²) in [6.07, 6.45) is 7.93. The van der Waals surface area contributed by atoms with E-state index in [9.17, 15) is 9.59 Å². The molecular weight excluding hydrogens is 366 g/mol. The number of benzene rings is 1. The summed E-state index contributed by atoms with van der Waals surface area (Å²) < 4.78 is 0. The van der Waals surface area contributed by atoms with Gasteiger partial charge in [0.05, 0.1) is 5.54 Å². The molecule has 7 heteroatoms. The number of terminal acetylenes is 1. The second-order valence-electron chi connectivity index (χ2n) is 8.12. The maximum absolute atomic E-state index is 12.1. The molecule has 0 radical (unpaired) electrons. The van der Waals surface area contributed by atoms with Crippen LogP contribution in [-0.4, -0.2) is 59.8 Å². The first-order valence-electron chi connectivity index (χ1n) is 10.0. The first kappa shape index (κ1) is 20.9. The summed E-state index contributed by atoms with van der Waals surface area (Å²) in [5.41, 5.74) is 2.45. The second-order valence-corrected chi connectivity index (χ2v) is 8.12. The molecule has 29 heavy (non-hydrogen) atoms. The Hall–Kier alpha value is -2.85. The number of nitrogens with zero attached hydrogens (tertiary/aromatic N) is 2. The van der Waals surface area contributed by atoms with Crippen LogP contribution in [0.4, 0.5) is 10.5 Å². The van der Waals surface area contributed by atoms with Crippen molar-refractivity contribution >= 4 is 23.5 Å².